The maximum Gasteiger partial charge on any atom is 0.269 e. The van der Waals surface area contributed by atoms with E-state index in [1.807, 2.05) is 0 Å². The molecule has 0 fully saturated rings. The Hall–Kier alpha value is -1.95. The summed E-state index contributed by atoms with van der Waals surface area (Å²) in [5.41, 5.74) is 0.691. The van der Waals surface area contributed by atoms with E-state index in [4.69, 9.17) is 4.74 Å². The summed E-state index contributed by atoms with van der Waals surface area (Å²) >= 11 is 3.06. The van der Waals surface area contributed by atoms with E-state index in [1.165, 1.54) is 30.3 Å². The molecule has 0 aliphatic rings. The molecule has 0 aliphatic carbocycles. The Morgan fingerprint density at radius 1 is 1.26 bits per heavy atom. The van der Waals surface area contributed by atoms with Crippen molar-refractivity contribution in [2.45, 2.75) is 6.61 Å². The number of hydrogen-bond donors (Lipinski definition) is 0. The van der Waals surface area contributed by atoms with Crippen molar-refractivity contribution in [3.8, 4) is 5.75 Å². The zero-order valence-electron chi connectivity index (χ0n) is 9.68. The van der Waals surface area contributed by atoms with E-state index in [2.05, 4.69) is 15.9 Å². The van der Waals surface area contributed by atoms with Gasteiger partial charge in [0, 0.05) is 12.1 Å². The molecule has 6 heteroatoms. The van der Waals surface area contributed by atoms with Crippen LogP contribution in [0.2, 0.25) is 0 Å². The van der Waals surface area contributed by atoms with Gasteiger partial charge in [0.1, 0.15) is 18.2 Å². The van der Waals surface area contributed by atoms with Crippen molar-refractivity contribution in [2.24, 2.45) is 0 Å². The maximum absolute atomic E-state index is 13.0. The smallest absolute Gasteiger partial charge is 0.269 e. The molecule has 0 aromatic heterocycles. The number of non-ortho nitro benzene ring substituents is 1. The number of hydrogen-bond acceptors (Lipinski definition) is 3. The number of ether oxygens (including phenoxy) is 1. The molecule has 0 N–H and O–H groups in total. The monoisotopic (exact) mass is 325 g/mol. The first-order valence-corrected chi connectivity index (χ1v) is 6.17. The minimum atomic E-state index is -0.460. The van der Waals surface area contributed by atoms with Gasteiger partial charge in [-0.05, 0) is 39.7 Å². The first kappa shape index (κ1) is 13.5. The van der Waals surface area contributed by atoms with E-state index in [0.717, 1.165) is 0 Å². The van der Waals surface area contributed by atoms with E-state index in [1.54, 1.807) is 12.1 Å². The Bertz CT molecular complexity index is 619. The Balaban J connectivity index is 2.07. The zero-order valence-corrected chi connectivity index (χ0v) is 11.3. The first-order chi connectivity index (χ1) is 9.06. The Morgan fingerprint density at radius 3 is 2.74 bits per heavy atom. The average molecular weight is 326 g/mol. The summed E-state index contributed by atoms with van der Waals surface area (Å²) in [6, 6.07) is 10.5. The fraction of sp³-hybridized carbons (Fsp3) is 0.0769. The first-order valence-electron chi connectivity index (χ1n) is 5.37. The summed E-state index contributed by atoms with van der Waals surface area (Å²) in [5.74, 6) is 0.113. The van der Waals surface area contributed by atoms with E-state index in [0.29, 0.717) is 15.8 Å². The number of halogens is 2. The van der Waals surface area contributed by atoms with Crippen LogP contribution in [0.4, 0.5) is 10.1 Å². The lowest BCUT2D eigenvalue weighted by molar-refractivity contribution is -0.384. The summed E-state index contributed by atoms with van der Waals surface area (Å²) < 4.78 is 18.8. The van der Waals surface area contributed by atoms with E-state index < -0.39 is 4.92 Å². The molecule has 0 heterocycles. The standard InChI is InChI=1S/C13H9BrFNO3/c14-12-7-11(4-5-13(12)15)19-8-9-2-1-3-10(6-9)16(17)18/h1-7H,8H2. The van der Waals surface area contributed by atoms with Crippen LogP contribution < -0.4 is 4.74 Å². The van der Waals surface area contributed by atoms with Gasteiger partial charge in [-0.2, -0.15) is 0 Å². The van der Waals surface area contributed by atoms with Crippen LogP contribution in [0.5, 0.6) is 5.75 Å². The highest BCUT2D eigenvalue weighted by Gasteiger charge is 2.06. The number of nitro groups is 1. The topological polar surface area (TPSA) is 52.4 Å². The number of rotatable bonds is 4. The molecular weight excluding hydrogens is 317 g/mol. The van der Waals surface area contributed by atoms with Crippen molar-refractivity contribution in [1.82, 2.24) is 0 Å². The zero-order chi connectivity index (χ0) is 13.8. The maximum atomic E-state index is 13.0. The second-order valence-corrected chi connectivity index (χ2v) is 4.65. The second kappa shape index (κ2) is 5.79. The molecule has 0 aliphatic heterocycles. The molecule has 0 amide bonds. The average Bonchev–Trinajstić information content (AvgIpc) is 2.40. The Labute approximate surface area is 117 Å². The van der Waals surface area contributed by atoms with Gasteiger partial charge in [0.2, 0.25) is 0 Å². The lowest BCUT2D eigenvalue weighted by Crippen LogP contribution is -1.97. The van der Waals surface area contributed by atoms with Gasteiger partial charge in [0.05, 0.1) is 9.40 Å². The summed E-state index contributed by atoms with van der Waals surface area (Å²) in [6.45, 7) is 0.180. The molecular formula is C13H9BrFNO3. The third-order valence-corrected chi connectivity index (χ3v) is 3.03. The fourth-order valence-corrected chi connectivity index (χ4v) is 1.85. The molecule has 2 aromatic carbocycles. The number of nitro benzene ring substituents is 1. The van der Waals surface area contributed by atoms with E-state index in [-0.39, 0.29) is 18.1 Å². The molecule has 98 valence electrons. The molecule has 0 saturated carbocycles. The van der Waals surface area contributed by atoms with Crippen LogP contribution in [0.25, 0.3) is 0 Å². The van der Waals surface area contributed by atoms with Gasteiger partial charge in [-0.15, -0.1) is 0 Å². The molecule has 0 bridgehead atoms. The van der Waals surface area contributed by atoms with Gasteiger partial charge < -0.3 is 4.74 Å². The largest absolute Gasteiger partial charge is 0.489 e. The SMILES string of the molecule is O=[N+]([O-])c1cccc(COc2ccc(F)c(Br)c2)c1. The van der Waals surface area contributed by atoms with Gasteiger partial charge >= 0.3 is 0 Å². The highest BCUT2D eigenvalue weighted by Crippen LogP contribution is 2.23. The van der Waals surface area contributed by atoms with Crippen LogP contribution in [-0.2, 0) is 6.61 Å². The van der Waals surface area contributed by atoms with Crippen molar-refractivity contribution in [2.75, 3.05) is 0 Å². The molecule has 4 nitrogen and oxygen atoms in total. The van der Waals surface area contributed by atoms with E-state index in [9.17, 15) is 14.5 Å². The minimum Gasteiger partial charge on any atom is -0.489 e. The lowest BCUT2D eigenvalue weighted by Gasteiger charge is -2.07. The summed E-state index contributed by atoms with van der Waals surface area (Å²) in [7, 11) is 0. The van der Waals surface area contributed by atoms with Crippen LogP contribution in [-0.4, -0.2) is 4.92 Å². The van der Waals surface area contributed by atoms with Gasteiger partial charge in [-0.25, -0.2) is 4.39 Å². The Morgan fingerprint density at radius 2 is 2.05 bits per heavy atom. The van der Waals surface area contributed by atoms with Crippen molar-refractivity contribution in [3.05, 3.63) is 68.4 Å². The molecule has 0 spiro atoms. The van der Waals surface area contributed by atoms with Crippen molar-refractivity contribution in [3.63, 3.8) is 0 Å². The van der Waals surface area contributed by atoms with Gasteiger partial charge in [-0.1, -0.05) is 12.1 Å². The molecule has 0 radical (unpaired) electrons. The highest BCUT2D eigenvalue weighted by atomic mass is 79.9. The van der Waals surface area contributed by atoms with Crippen LogP contribution in [0, 0.1) is 15.9 Å². The van der Waals surface area contributed by atoms with Gasteiger partial charge in [0.25, 0.3) is 5.69 Å². The molecule has 0 saturated heterocycles. The molecule has 2 aromatic rings. The molecule has 2 rings (SSSR count). The van der Waals surface area contributed by atoms with Crippen LogP contribution in [0.1, 0.15) is 5.56 Å². The summed E-state index contributed by atoms with van der Waals surface area (Å²) in [4.78, 5) is 10.2. The second-order valence-electron chi connectivity index (χ2n) is 3.79. The Kier molecular flexibility index (Phi) is 4.11. The third-order valence-electron chi connectivity index (χ3n) is 2.42. The van der Waals surface area contributed by atoms with Crippen LogP contribution in [0.15, 0.2) is 46.9 Å². The molecule has 19 heavy (non-hydrogen) atoms. The van der Waals surface area contributed by atoms with Gasteiger partial charge in [0.15, 0.2) is 0 Å². The van der Waals surface area contributed by atoms with Gasteiger partial charge in [-0.3, -0.25) is 10.1 Å². The van der Waals surface area contributed by atoms with E-state index >= 15 is 0 Å². The molecule has 0 unspecified atom stereocenters. The van der Waals surface area contributed by atoms with Crippen molar-refractivity contribution >= 4 is 21.6 Å². The summed E-state index contributed by atoms with van der Waals surface area (Å²) in [6.07, 6.45) is 0. The summed E-state index contributed by atoms with van der Waals surface area (Å²) in [5, 5.41) is 10.6. The third kappa shape index (κ3) is 3.51. The predicted octanol–water partition coefficient (Wildman–Crippen LogP) is 4.08. The van der Waals surface area contributed by atoms with Crippen molar-refractivity contribution < 1.29 is 14.1 Å². The number of benzene rings is 2. The highest BCUT2D eigenvalue weighted by molar-refractivity contribution is 9.10. The lowest BCUT2D eigenvalue weighted by atomic mass is 10.2. The quantitative estimate of drug-likeness (QED) is 0.628. The minimum absolute atomic E-state index is 0.0152. The fourth-order valence-electron chi connectivity index (χ4n) is 1.49. The number of nitrogens with zero attached hydrogens (tertiary/aromatic N) is 1. The molecule has 0 atom stereocenters. The van der Waals surface area contributed by atoms with Crippen LogP contribution >= 0.6 is 15.9 Å². The van der Waals surface area contributed by atoms with Crippen LogP contribution in [0.3, 0.4) is 0 Å². The predicted molar refractivity (Wildman–Crippen MR) is 71.5 cm³/mol. The normalized spacial score (nSPS) is 10.2. The van der Waals surface area contributed by atoms with Crippen molar-refractivity contribution in [1.29, 1.82) is 0 Å².